The molecular formula is C15H23NO. The zero-order valence-corrected chi connectivity index (χ0v) is 11.0. The Kier molecular flexibility index (Phi) is 6.56. The maximum absolute atomic E-state index is 10.7. The van der Waals surface area contributed by atoms with Gasteiger partial charge in [0.25, 0.3) is 0 Å². The topological polar surface area (TPSA) is 29.1 Å². The van der Waals surface area contributed by atoms with Crippen LogP contribution in [0.1, 0.15) is 44.2 Å². The first-order valence-corrected chi connectivity index (χ1v) is 6.50. The lowest BCUT2D eigenvalue weighted by atomic mass is 10.1. The van der Waals surface area contributed by atoms with Crippen LogP contribution in [0.25, 0.3) is 0 Å². The Balaban J connectivity index is 2.20. The number of hydrogen-bond acceptors (Lipinski definition) is 2. The summed E-state index contributed by atoms with van der Waals surface area (Å²) in [6, 6.07) is 8.78. The lowest BCUT2D eigenvalue weighted by molar-refractivity contribution is -0.117. The van der Waals surface area contributed by atoms with Crippen molar-refractivity contribution in [2.45, 2.75) is 46.1 Å². The van der Waals surface area contributed by atoms with Crippen LogP contribution in [-0.4, -0.2) is 12.3 Å². The van der Waals surface area contributed by atoms with Gasteiger partial charge in [-0.05, 0) is 37.4 Å². The van der Waals surface area contributed by atoms with Gasteiger partial charge < -0.3 is 10.1 Å². The molecule has 0 bridgehead atoms. The molecule has 0 spiro atoms. The molecule has 1 N–H and O–H groups in total. The Bertz CT molecular complexity index is 329. The van der Waals surface area contributed by atoms with Gasteiger partial charge in [-0.25, -0.2) is 0 Å². The number of Topliss-reactive ketones (excluding diaryl/α,β-unsaturated/α-hetero) is 1. The Labute approximate surface area is 104 Å². The number of carbonyl (C=O) groups excluding carboxylic acids is 1. The van der Waals surface area contributed by atoms with Gasteiger partial charge in [0.05, 0.1) is 0 Å². The third-order valence-corrected chi connectivity index (χ3v) is 2.77. The fourth-order valence-corrected chi connectivity index (χ4v) is 1.81. The van der Waals surface area contributed by atoms with E-state index in [9.17, 15) is 4.79 Å². The van der Waals surface area contributed by atoms with Crippen LogP contribution in [0.3, 0.4) is 0 Å². The number of carbonyl (C=O) groups is 1. The van der Waals surface area contributed by atoms with Crippen LogP contribution in [0.5, 0.6) is 0 Å². The SMILES string of the molecule is CCCc1ccc(CNCCCC(C)=O)cc1. The minimum Gasteiger partial charge on any atom is -0.313 e. The van der Waals surface area contributed by atoms with Crippen LogP contribution >= 0.6 is 0 Å². The van der Waals surface area contributed by atoms with Crippen LogP contribution < -0.4 is 5.32 Å². The summed E-state index contributed by atoms with van der Waals surface area (Å²) in [5.41, 5.74) is 2.72. The Morgan fingerprint density at radius 2 is 1.82 bits per heavy atom. The predicted octanol–water partition coefficient (Wildman–Crippen LogP) is 3.10. The van der Waals surface area contributed by atoms with Gasteiger partial charge >= 0.3 is 0 Å². The molecule has 0 heterocycles. The summed E-state index contributed by atoms with van der Waals surface area (Å²) in [5.74, 6) is 0.274. The first-order chi connectivity index (χ1) is 8.22. The van der Waals surface area contributed by atoms with Crippen LogP contribution in [0.2, 0.25) is 0 Å². The number of ketones is 1. The molecule has 0 atom stereocenters. The molecule has 17 heavy (non-hydrogen) atoms. The average molecular weight is 233 g/mol. The number of aryl methyl sites for hydroxylation is 1. The fraction of sp³-hybridized carbons (Fsp3) is 0.533. The summed E-state index contributed by atoms with van der Waals surface area (Å²) in [5, 5.41) is 3.36. The van der Waals surface area contributed by atoms with Crippen molar-refractivity contribution in [3.8, 4) is 0 Å². The molecule has 1 rings (SSSR count). The quantitative estimate of drug-likeness (QED) is 0.699. The fourth-order valence-electron chi connectivity index (χ4n) is 1.81. The summed E-state index contributed by atoms with van der Waals surface area (Å²) in [4.78, 5) is 10.7. The highest BCUT2D eigenvalue weighted by Crippen LogP contribution is 2.06. The largest absolute Gasteiger partial charge is 0.313 e. The molecule has 94 valence electrons. The number of rotatable bonds is 8. The molecule has 0 radical (unpaired) electrons. The summed E-state index contributed by atoms with van der Waals surface area (Å²) in [7, 11) is 0. The highest BCUT2D eigenvalue weighted by molar-refractivity contribution is 5.75. The highest BCUT2D eigenvalue weighted by atomic mass is 16.1. The van der Waals surface area contributed by atoms with Gasteiger partial charge in [-0.15, -0.1) is 0 Å². The predicted molar refractivity (Wildman–Crippen MR) is 72.1 cm³/mol. The smallest absolute Gasteiger partial charge is 0.129 e. The van der Waals surface area contributed by atoms with E-state index in [2.05, 4.69) is 36.5 Å². The van der Waals surface area contributed by atoms with E-state index in [0.717, 1.165) is 25.9 Å². The molecule has 0 saturated heterocycles. The Morgan fingerprint density at radius 3 is 2.41 bits per heavy atom. The van der Waals surface area contributed by atoms with Crippen molar-refractivity contribution < 1.29 is 4.79 Å². The van der Waals surface area contributed by atoms with Crippen molar-refractivity contribution in [2.75, 3.05) is 6.54 Å². The Morgan fingerprint density at radius 1 is 1.18 bits per heavy atom. The van der Waals surface area contributed by atoms with Crippen molar-refractivity contribution in [1.82, 2.24) is 5.32 Å². The van der Waals surface area contributed by atoms with Gasteiger partial charge in [0.2, 0.25) is 0 Å². The van der Waals surface area contributed by atoms with Crippen molar-refractivity contribution >= 4 is 5.78 Å². The molecule has 0 aliphatic rings. The molecule has 0 aromatic heterocycles. The molecule has 2 nitrogen and oxygen atoms in total. The van der Waals surface area contributed by atoms with Gasteiger partial charge in [-0.3, -0.25) is 0 Å². The van der Waals surface area contributed by atoms with E-state index in [1.54, 1.807) is 6.92 Å². The van der Waals surface area contributed by atoms with E-state index in [1.807, 2.05) is 0 Å². The molecule has 0 saturated carbocycles. The first kappa shape index (κ1) is 13.9. The van der Waals surface area contributed by atoms with Crippen molar-refractivity contribution in [3.05, 3.63) is 35.4 Å². The first-order valence-electron chi connectivity index (χ1n) is 6.50. The zero-order valence-electron chi connectivity index (χ0n) is 11.0. The van der Waals surface area contributed by atoms with E-state index >= 15 is 0 Å². The van der Waals surface area contributed by atoms with Gasteiger partial charge in [0, 0.05) is 13.0 Å². The zero-order chi connectivity index (χ0) is 12.5. The van der Waals surface area contributed by atoms with Crippen LogP contribution in [-0.2, 0) is 17.8 Å². The van der Waals surface area contributed by atoms with Crippen molar-refractivity contribution in [2.24, 2.45) is 0 Å². The van der Waals surface area contributed by atoms with E-state index < -0.39 is 0 Å². The van der Waals surface area contributed by atoms with Gasteiger partial charge in [-0.2, -0.15) is 0 Å². The third kappa shape index (κ3) is 6.22. The van der Waals surface area contributed by atoms with Gasteiger partial charge in [0.1, 0.15) is 5.78 Å². The lowest BCUT2D eigenvalue weighted by Crippen LogP contribution is -2.15. The minimum absolute atomic E-state index is 0.274. The van der Waals surface area contributed by atoms with Gasteiger partial charge in [-0.1, -0.05) is 37.6 Å². The molecule has 1 aromatic rings. The monoisotopic (exact) mass is 233 g/mol. The van der Waals surface area contributed by atoms with Crippen LogP contribution in [0.4, 0.5) is 0 Å². The van der Waals surface area contributed by atoms with Crippen LogP contribution in [0, 0.1) is 0 Å². The second-order valence-electron chi connectivity index (χ2n) is 4.55. The third-order valence-electron chi connectivity index (χ3n) is 2.77. The normalized spacial score (nSPS) is 10.5. The van der Waals surface area contributed by atoms with Crippen molar-refractivity contribution in [1.29, 1.82) is 0 Å². The molecule has 2 heteroatoms. The van der Waals surface area contributed by atoms with Gasteiger partial charge in [0.15, 0.2) is 0 Å². The molecule has 0 unspecified atom stereocenters. The second kappa shape index (κ2) is 8.02. The molecule has 1 aromatic carbocycles. The molecule has 0 fully saturated rings. The van der Waals surface area contributed by atoms with E-state index in [1.165, 1.54) is 17.5 Å². The molecular weight excluding hydrogens is 210 g/mol. The maximum Gasteiger partial charge on any atom is 0.129 e. The minimum atomic E-state index is 0.274. The number of benzene rings is 1. The summed E-state index contributed by atoms with van der Waals surface area (Å²) in [6.45, 7) is 5.65. The molecule has 0 aliphatic heterocycles. The molecule has 0 amide bonds. The summed E-state index contributed by atoms with van der Waals surface area (Å²) >= 11 is 0. The molecule has 0 aliphatic carbocycles. The summed E-state index contributed by atoms with van der Waals surface area (Å²) < 4.78 is 0. The van der Waals surface area contributed by atoms with E-state index in [-0.39, 0.29) is 5.78 Å². The van der Waals surface area contributed by atoms with E-state index in [4.69, 9.17) is 0 Å². The van der Waals surface area contributed by atoms with Crippen LogP contribution in [0.15, 0.2) is 24.3 Å². The lowest BCUT2D eigenvalue weighted by Gasteiger charge is -2.05. The highest BCUT2D eigenvalue weighted by Gasteiger charge is 1.96. The average Bonchev–Trinajstić information content (AvgIpc) is 2.31. The second-order valence-corrected chi connectivity index (χ2v) is 4.55. The standard InChI is InChI=1S/C15H23NO/c1-3-5-14-7-9-15(10-8-14)12-16-11-4-6-13(2)17/h7-10,16H,3-6,11-12H2,1-2H3. The van der Waals surface area contributed by atoms with E-state index in [0.29, 0.717) is 6.42 Å². The maximum atomic E-state index is 10.7. The van der Waals surface area contributed by atoms with Crippen molar-refractivity contribution in [3.63, 3.8) is 0 Å². The number of nitrogens with one attached hydrogen (secondary N) is 1. The number of hydrogen-bond donors (Lipinski definition) is 1. The Hall–Kier alpha value is -1.15. The summed E-state index contributed by atoms with van der Waals surface area (Å²) in [6.07, 6.45) is 3.97.